The number of nitrogens with zero attached hydrogens (tertiary/aromatic N) is 3. The second kappa shape index (κ2) is 9.25. The summed E-state index contributed by atoms with van der Waals surface area (Å²) in [7, 11) is 0. The molecule has 1 aromatic carbocycles. The summed E-state index contributed by atoms with van der Waals surface area (Å²) in [4.78, 5) is 21.9. The van der Waals surface area contributed by atoms with Crippen LogP contribution in [0.2, 0.25) is 5.02 Å². The number of morpholine rings is 1. The fraction of sp³-hybridized carbons (Fsp3) is 0.500. The van der Waals surface area contributed by atoms with E-state index in [1.165, 1.54) is 0 Å². The van der Waals surface area contributed by atoms with Crippen LogP contribution in [-0.4, -0.2) is 73.5 Å². The molecule has 3 saturated heterocycles. The van der Waals surface area contributed by atoms with E-state index in [1.807, 2.05) is 35.2 Å². The zero-order valence-corrected chi connectivity index (χ0v) is 18.8. The van der Waals surface area contributed by atoms with E-state index in [1.54, 1.807) is 12.3 Å². The molecule has 32 heavy (non-hydrogen) atoms. The van der Waals surface area contributed by atoms with Crippen LogP contribution >= 0.6 is 11.6 Å². The molecule has 170 valence electrons. The van der Waals surface area contributed by atoms with Crippen LogP contribution in [0, 0.1) is 0 Å². The van der Waals surface area contributed by atoms with Crippen LogP contribution in [0.4, 0.5) is 5.82 Å². The van der Waals surface area contributed by atoms with Crippen molar-refractivity contribution in [1.82, 2.24) is 9.88 Å². The second-order valence-corrected chi connectivity index (χ2v) is 9.11. The first kappa shape index (κ1) is 21.5. The lowest BCUT2D eigenvalue weighted by Gasteiger charge is -2.39. The third-order valence-corrected chi connectivity index (χ3v) is 6.77. The Morgan fingerprint density at radius 2 is 2.03 bits per heavy atom. The molecule has 7 nitrogen and oxygen atoms in total. The number of carbonyl (C=O) groups excluding carboxylic acids is 1. The number of hydrogen-bond acceptors (Lipinski definition) is 6. The molecule has 1 aromatic heterocycles. The van der Waals surface area contributed by atoms with Gasteiger partial charge in [0.05, 0.1) is 37.0 Å². The van der Waals surface area contributed by atoms with E-state index in [9.17, 15) is 4.79 Å². The van der Waals surface area contributed by atoms with Gasteiger partial charge >= 0.3 is 0 Å². The molecule has 2 aromatic rings. The van der Waals surface area contributed by atoms with E-state index in [-0.39, 0.29) is 17.6 Å². The Balaban J connectivity index is 1.25. The van der Waals surface area contributed by atoms with Crippen LogP contribution in [0.15, 0.2) is 42.6 Å². The van der Waals surface area contributed by atoms with Gasteiger partial charge in [0.25, 0.3) is 5.91 Å². The highest BCUT2D eigenvalue weighted by Gasteiger charge is 2.45. The van der Waals surface area contributed by atoms with Crippen molar-refractivity contribution in [1.29, 1.82) is 0 Å². The second-order valence-electron chi connectivity index (χ2n) is 8.70. The van der Waals surface area contributed by atoms with E-state index in [4.69, 9.17) is 25.8 Å². The predicted octanol–water partition coefficient (Wildman–Crippen LogP) is 3.41. The molecule has 0 aliphatic carbocycles. The van der Waals surface area contributed by atoms with Gasteiger partial charge < -0.3 is 24.0 Å². The van der Waals surface area contributed by atoms with Crippen molar-refractivity contribution in [2.45, 2.75) is 31.0 Å². The number of hydrogen-bond donors (Lipinski definition) is 0. The van der Waals surface area contributed by atoms with Crippen LogP contribution < -0.4 is 9.64 Å². The number of rotatable bonds is 4. The topological polar surface area (TPSA) is 64.1 Å². The number of likely N-dealkylation sites (tertiary alicyclic amines) is 1. The molecule has 1 amide bonds. The lowest BCUT2D eigenvalue weighted by atomic mass is 9.89. The SMILES string of the molecule is O=C(c1ccnc(N2CCOCC2)c1)N1CCC[C@]2(C[C@@H](Oc3ccccc3Cl)CO2)C1. The summed E-state index contributed by atoms with van der Waals surface area (Å²) in [6.45, 7) is 4.76. The number of carbonyl (C=O) groups is 1. The number of pyridine rings is 1. The van der Waals surface area contributed by atoms with Crippen molar-refractivity contribution >= 4 is 23.3 Å². The van der Waals surface area contributed by atoms with Gasteiger partial charge in [0.15, 0.2) is 0 Å². The average Bonchev–Trinajstić information content (AvgIpc) is 3.22. The lowest BCUT2D eigenvalue weighted by Crippen LogP contribution is -2.50. The van der Waals surface area contributed by atoms with Crippen molar-refractivity contribution < 1.29 is 19.0 Å². The summed E-state index contributed by atoms with van der Waals surface area (Å²) >= 11 is 6.25. The molecule has 8 heteroatoms. The predicted molar refractivity (Wildman–Crippen MR) is 122 cm³/mol. The molecular formula is C24H28ClN3O4. The molecule has 4 heterocycles. The van der Waals surface area contributed by atoms with E-state index < -0.39 is 0 Å². The molecule has 0 N–H and O–H groups in total. The van der Waals surface area contributed by atoms with Crippen molar-refractivity contribution in [2.75, 3.05) is 50.9 Å². The molecule has 2 atom stereocenters. The van der Waals surface area contributed by atoms with E-state index in [0.29, 0.717) is 42.7 Å². The van der Waals surface area contributed by atoms with Gasteiger partial charge in [0, 0.05) is 37.8 Å². The van der Waals surface area contributed by atoms with Gasteiger partial charge in [-0.3, -0.25) is 4.79 Å². The number of amides is 1. The first-order valence-corrected chi connectivity index (χ1v) is 11.6. The highest BCUT2D eigenvalue weighted by Crippen LogP contribution is 2.37. The van der Waals surface area contributed by atoms with Gasteiger partial charge in [-0.25, -0.2) is 4.98 Å². The van der Waals surface area contributed by atoms with E-state index in [2.05, 4.69) is 9.88 Å². The summed E-state index contributed by atoms with van der Waals surface area (Å²) < 4.78 is 17.8. The minimum atomic E-state index is -0.361. The Kier molecular flexibility index (Phi) is 6.22. The normalized spacial score (nSPS) is 25.8. The minimum Gasteiger partial charge on any atom is -0.486 e. The van der Waals surface area contributed by atoms with Crippen LogP contribution in [0.5, 0.6) is 5.75 Å². The standard InChI is InChI=1S/C24H28ClN3O4/c25-20-4-1-2-5-21(20)32-19-15-24(31-16-19)7-3-9-28(17-24)23(29)18-6-8-26-22(14-18)27-10-12-30-13-11-27/h1-2,4-6,8,14,19H,3,7,9-13,15-17H2/t19-,24+/m1/s1. The lowest BCUT2D eigenvalue weighted by molar-refractivity contribution is -0.0453. The smallest absolute Gasteiger partial charge is 0.254 e. The fourth-order valence-corrected chi connectivity index (χ4v) is 5.03. The van der Waals surface area contributed by atoms with Crippen molar-refractivity contribution in [3.05, 3.63) is 53.2 Å². The van der Waals surface area contributed by atoms with Crippen molar-refractivity contribution in [2.24, 2.45) is 0 Å². The molecule has 0 bridgehead atoms. The third-order valence-electron chi connectivity index (χ3n) is 6.46. The largest absolute Gasteiger partial charge is 0.486 e. The Hall–Kier alpha value is -2.35. The average molecular weight is 458 g/mol. The quantitative estimate of drug-likeness (QED) is 0.701. The van der Waals surface area contributed by atoms with Crippen molar-refractivity contribution in [3.63, 3.8) is 0 Å². The highest BCUT2D eigenvalue weighted by molar-refractivity contribution is 6.32. The van der Waals surface area contributed by atoms with Gasteiger partial charge in [-0.2, -0.15) is 0 Å². The monoisotopic (exact) mass is 457 g/mol. The molecule has 0 saturated carbocycles. The number of ether oxygens (including phenoxy) is 3. The first-order valence-electron chi connectivity index (χ1n) is 11.3. The number of benzene rings is 1. The van der Waals surface area contributed by atoms with Crippen LogP contribution in [0.1, 0.15) is 29.6 Å². The van der Waals surface area contributed by atoms with Crippen LogP contribution in [0.3, 0.4) is 0 Å². The summed E-state index contributed by atoms with van der Waals surface area (Å²) in [5.41, 5.74) is 0.306. The Morgan fingerprint density at radius 1 is 1.19 bits per heavy atom. The van der Waals surface area contributed by atoms with Gasteiger partial charge in [-0.15, -0.1) is 0 Å². The molecule has 1 spiro atoms. The number of para-hydroxylation sites is 1. The zero-order valence-electron chi connectivity index (χ0n) is 18.0. The zero-order chi connectivity index (χ0) is 22.0. The van der Waals surface area contributed by atoms with Crippen molar-refractivity contribution in [3.8, 4) is 5.75 Å². The van der Waals surface area contributed by atoms with Crippen LogP contribution in [0.25, 0.3) is 0 Å². The van der Waals surface area contributed by atoms with Gasteiger partial charge in [0.1, 0.15) is 17.7 Å². The molecule has 3 aliphatic rings. The Labute approximate surface area is 193 Å². The molecule has 5 rings (SSSR count). The summed E-state index contributed by atoms with van der Waals surface area (Å²) in [6, 6.07) is 11.2. The Bertz CT molecular complexity index is 968. The maximum atomic E-state index is 13.3. The van der Waals surface area contributed by atoms with E-state index in [0.717, 1.165) is 44.7 Å². The van der Waals surface area contributed by atoms with Crippen LogP contribution in [-0.2, 0) is 9.47 Å². The molecular weight excluding hydrogens is 430 g/mol. The van der Waals surface area contributed by atoms with Gasteiger partial charge in [0.2, 0.25) is 0 Å². The molecule has 0 radical (unpaired) electrons. The fourth-order valence-electron chi connectivity index (χ4n) is 4.85. The molecule has 3 fully saturated rings. The Morgan fingerprint density at radius 3 is 2.88 bits per heavy atom. The first-order chi connectivity index (χ1) is 15.6. The highest BCUT2D eigenvalue weighted by atomic mass is 35.5. The number of anilines is 1. The minimum absolute atomic E-state index is 0.0278. The third kappa shape index (κ3) is 4.56. The summed E-state index contributed by atoms with van der Waals surface area (Å²) in [5, 5.41) is 0.600. The summed E-state index contributed by atoms with van der Waals surface area (Å²) in [5.74, 6) is 1.53. The maximum Gasteiger partial charge on any atom is 0.254 e. The number of piperidine rings is 1. The summed E-state index contributed by atoms with van der Waals surface area (Å²) in [6.07, 6.45) is 4.23. The van der Waals surface area contributed by atoms with Gasteiger partial charge in [-0.1, -0.05) is 23.7 Å². The molecule has 3 aliphatic heterocycles. The molecule has 0 unspecified atom stereocenters. The number of aromatic nitrogens is 1. The van der Waals surface area contributed by atoms with E-state index >= 15 is 0 Å². The number of halogens is 1. The maximum absolute atomic E-state index is 13.3. The van der Waals surface area contributed by atoms with Gasteiger partial charge in [-0.05, 0) is 37.1 Å².